The minimum absolute atomic E-state index is 0.0861. The number of hydrogen-bond acceptors (Lipinski definition) is 6. The van der Waals surface area contributed by atoms with E-state index in [4.69, 9.17) is 4.74 Å². The Morgan fingerprint density at radius 3 is 2.34 bits per heavy atom. The van der Waals surface area contributed by atoms with Gasteiger partial charge in [0.1, 0.15) is 0 Å². The molecule has 0 atom stereocenters. The van der Waals surface area contributed by atoms with Crippen LogP contribution in [0.15, 0.2) is 73.3 Å². The van der Waals surface area contributed by atoms with E-state index in [0.29, 0.717) is 18.9 Å². The first-order valence-corrected chi connectivity index (χ1v) is 9.53. The summed E-state index contributed by atoms with van der Waals surface area (Å²) in [7, 11) is 0. The molecule has 8 heteroatoms. The number of rotatable bonds is 5. The lowest BCUT2D eigenvalue weighted by Gasteiger charge is -2.33. The first-order valence-electron chi connectivity index (χ1n) is 9.53. The molecule has 1 saturated heterocycles. The van der Waals surface area contributed by atoms with Gasteiger partial charge in [-0.25, -0.2) is 20.2 Å². The van der Waals surface area contributed by atoms with Gasteiger partial charge in [-0.15, -0.1) is 0 Å². The Bertz CT molecular complexity index is 865. The summed E-state index contributed by atoms with van der Waals surface area (Å²) in [6.07, 6.45) is 8.17. The van der Waals surface area contributed by atoms with Crippen molar-refractivity contribution in [2.45, 2.75) is 18.9 Å². The number of ether oxygens (including phenoxy) is 1. The fraction of sp³-hybridized carbons (Fsp3) is 0.238. The lowest BCUT2D eigenvalue weighted by molar-refractivity contribution is 0.0776. The maximum absolute atomic E-state index is 13.8. The number of carbonyl (C=O) groups excluding carboxylic acids is 1. The zero-order valence-corrected chi connectivity index (χ0v) is 15.9. The summed E-state index contributed by atoms with van der Waals surface area (Å²) < 4.78 is 5.44. The molecule has 148 valence electrons. The summed E-state index contributed by atoms with van der Waals surface area (Å²) in [4.78, 5) is 28.1. The van der Waals surface area contributed by atoms with Crippen LogP contribution in [0, 0.1) is 0 Å². The van der Waals surface area contributed by atoms with Crippen LogP contribution in [-0.2, 0) is 4.74 Å². The number of carbonyl (C=O) groups is 1. The zero-order valence-electron chi connectivity index (χ0n) is 15.9. The quantitative estimate of drug-likeness (QED) is 0.673. The van der Waals surface area contributed by atoms with Crippen LogP contribution in [0.4, 0.5) is 22.1 Å². The molecular formula is C21H22N6O2. The first-order chi connectivity index (χ1) is 14.3. The lowest BCUT2D eigenvalue weighted by Crippen LogP contribution is -2.54. The highest BCUT2D eigenvalue weighted by atomic mass is 16.5. The van der Waals surface area contributed by atoms with Crippen molar-refractivity contribution in [1.82, 2.24) is 20.4 Å². The van der Waals surface area contributed by atoms with Crippen molar-refractivity contribution in [1.29, 1.82) is 0 Å². The van der Waals surface area contributed by atoms with Crippen molar-refractivity contribution in [2.24, 2.45) is 0 Å². The van der Waals surface area contributed by atoms with E-state index in [1.165, 1.54) is 5.01 Å². The van der Waals surface area contributed by atoms with Gasteiger partial charge in [-0.3, -0.25) is 9.88 Å². The molecule has 0 saturated carbocycles. The molecule has 1 fully saturated rings. The number of benzene rings is 1. The first kappa shape index (κ1) is 19.0. The molecule has 4 rings (SSSR count). The highest BCUT2D eigenvalue weighted by Gasteiger charge is 2.29. The summed E-state index contributed by atoms with van der Waals surface area (Å²) in [6, 6.07) is 14.6. The highest BCUT2D eigenvalue weighted by molar-refractivity contribution is 6.07. The van der Waals surface area contributed by atoms with E-state index in [2.05, 4.69) is 20.4 Å². The van der Waals surface area contributed by atoms with Gasteiger partial charge in [-0.05, 0) is 43.2 Å². The van der Waals surface area contributed by atoms with E-state index in [9.17, 15) is 4.79 Å². The molecule has 1 N–H and O–H groups in total. The Morgan fingerprint density at radius 2 is 1.66 bits per heavy atom. The van der Waals surface area contributed by atoms with Gasteiger partial charge in [-0.1, -0.05) is 18.2 Å². The van der Waals surface area contributed by atoms with Gasteiger partial charge in [0.25, 0.3) is 0 Å². The van der Waals surface area contributed by atoms with Crippen molar-refractivity contribution >= 4 is 23.4 Å². The predicted molar refractivity (Wildman–Crippen MR) is 110 cm³/mol. The smallest absolute Gasteiger partial charge is 0.350 e. The number of para-hydroxylation sites is 1. The Kier molecular flexibility index (Phi) is 6.04. The summed E-state index contributed by atoms with van der Waals surface area (Å²) in [5.74, 6) is 0.286. The molecule has 0 spiro atoms. The predicted octanol–water partition coefficient (Wildman–Crippen LogP) is 3.32. The average molecular weight is 390 g/mol. The fourth-order valence-corrected chi connectivity index (χ4v) is 3.15. The fourth-order valence-electron chi connectivity index (χ4n) is 3.15. The Morgan fingerprint density at radius 1 is 0.931 bits per heavy atom. The third kappa shape index (κ3) is 4.56. The maximum atomic E-state index is 13.8. The summed E-state index contributed by atoms with van der Waals surface area (Å²) in [5.41, 5.74) is 4.68. The summed E-state index contributed by atoms with van der Waals surface area (Å²) >= 11 is 0. The Labute approximate surface area is 169 Å². The third-order valence-corrected chi connectivity index (χ3v) is 4.59. The van der Waals surface area contributed by atoms with Crippen molar-refractivity contribution in [3.8, 4) is 0 Å². The monoisotopic (exact) mass is 390 g/mol. The molecule has 8 nitrogen and oxygen atoms in total. The van der Waals surface area contributed by atoms with E-state index in [1.54, 1.807) is 41.8 Å². The topological polar surface area (TPSA) is 83.5 Å². The SMILES string of the molecule is O=C(N(NC1CCOCC1)c1ncccn1)N(c1ccccc1)c1cccnc1. The van der Waals surface area contributed by atoms with Crippen LogP contribution in [-0.4, -0.2) is 40.2 Å². The minimum atomic E-state index is -0.318. The molecule has 1 aliphatic rings. The second-order valence-electron chi connectivity index (χ2n) is 6.56. The molecule has 1 aromatic carbocycles. The van der Waals surface area contributed by atoms with Crippen LogP contribution >= 0.6 is 0 Å². The number of urea groups is 1. The van der Waals surface area contributed by atoms with Crippen LogP contribution in [0.2, 0.25) is 0 Å². The van der Waals surface area contributed by atoms with E-state index >= 15 is 0 Å². The van der Waals surface area contributed by atoms with Crippen molar-refractivity contribution < 1.29 is 9.53 Å². The number of anilines is 3. The molecule has 1 aliphatic heterocycles. The van der Waals surface area contributed by atoms with Gasteiger partial charge in [-0.2, -0.15) is 5.01 Å². The normalized spacial score (nSPS) is 14.3. The molecule has 29 heavy (non-hydrogen) atoms. The van der Waals surface area contributed by atoms with Crippen molar-refractivity contribution in [3.63, 3.8) is 0 Å². The number of hydrogen-bond donors (Lipinski definition) is 1. The van der Waals surface area contributed by atoms with Gasteiger partial charge < -0.3 is 4.74 Å². The van der Waals surface area contributed by atoms with Crippen LogP contribution < -0.4 is 15.3 Å². The number of pyridine rings is 1. The molecule has 2 amide bonds. The molecule has 0 bridgehead atoms. The highest BCUT2D eigenvalue weighted by Crippen LogP contribution is 2.26. The molecule has 3 aromatic rings. The van der Waals surface area contributed by atoms with Crippen LogP contribution in [0.5, 0.6) is 0 Å². The number of amides is 2. The third-order valence-electron chi connectivity index (χ3n) is 4.59. The van der Waals surface area contributed by atoms with Gasteiger partial charge in [0, 0.05) is 37.8 Å². The molecule has 0 unspecified atom stereocenters. The number of nitrogens with zero attached hydrogens (tertiary/aromatic N) is 5. The lowest BCUT2D eigenvalue weighted by atomic mass is 10.1. The largest absolute Gasteiger partial charge is 0.381 e. The zero-order chi connectivity index (χ0) is 19.9. The van der Waals surface area contributed by atoms with Crippen LogP contribution in [0.1, 0.15) is 12.8 Å². The van der Waals surface area contributed by atoms with Crippen molar-refractivity contribution in [2.75, 3.05) is 23.1 Å². The van der Waals surface area contributed by atoms with Gasteiger partial charge in [0.15, 0.2) is 0 Å². The number of aromatic nitrogens is 3. The summed E-state index contributed by atoms with van der Waals surface area (Å²) in [6.45, 7) is 1.31. The Hall–Kier alpha value is -3.36. The average Bonchev–Trinajstić information content (AvgIpc) is 2.80. The summed E-state index contributed by atoms with van der Waals surface area (Å²) in [5, 5.41) is 1.41. The second kappa shape index (κ2) is 9.22. The van der Waals surface area contributed by atoms with E-state index in [0.717, 1.165) is 18.5 Å². The van der Waals surface area contributed by atoms with E-state index < -0.39 is 0 Å². The molecule has 0 aliphatic carbocycles. The van der Waals surface area contributed by atoms with E-state index in [1.807, 2.05) is 36.4 Å². The Balaban J connectivity index is 1.71. The number of nitrogens with one attached hydrogen (secondary N) is 1. The second-order valence-corrected chi connectivity index (χ2v) is 6.56. The molecule has 3 heterocycles. The standard InChI is InChI=1S/C21H22N6O2/c28-21(26(18-6-2-1-3-7-18)19-8-4-11-22-16-19)27(20-23-12-5-13-24-20)25-17-9-14-29-15-10-17/h1-8,11-13,16-17,25H,9-10,14-15H2. The van der Waals surface area contributed by atoms with Crippen LogP contribution in [0.3, 0.4) is 0 Å². The minimum Gasteiger partial charge on any atom is -0.381 e. The van der Waals surface area contributed by atoms with Gasteiger partial charge in [0.2, 0.25) is 5.95 Å². The van der Waals surface area contributed by atoms with Gasteiger partial charge in [0.05, 0.1) is 17.6 Å². The van der Waals surface area contributed by atoms with Crippen molar-refractivity contribution in [3.05, 3.63) is 73.3 Å². The molecule has 2 aromatic heterocycles. The van der Waals surface area contributed by atoms with Crippen LogP contribution in [0.25, 0.3) is 0 Å². The number of hydrazine groups is 1. The molecular weight excluding hydrogens is 368 g/mol. The molecule has 0 radical (unpaired) electrons. The maximum Gasteiger partial charge on any atom is 0.350 e. The van der Waals surface area contributed by atoms with Gasteiger partial charge >= 0.3 is 6.03 Å². The van der Waals surface area contributed by atoms with E-state index in [-0.39, 0.29) is 18.0 Å².